The Morgan fingerprint density at radius 2 is 1.92 bits per heavy atom. The highest BCUT2D eigenvalue weighted by Crippen LogP contribution is 2.12. The molecule has 0 saturated heterocycles. The highest BCUT2D eigenvalue weighted by atomic mass is 35.5. The summed E-state index contributed by atoms with van der Waals surface area (Å²) in [5.41, 5.74) is 5.59. The second-order valence-corrected chi connectivity index (χ2v) is 7.44. The average Bonchev–Trinajstić information content (AvgIpc) is 2.46. The minimum Gasteiger partial charge on any atom is -0.352 e. The van der Waals surface area contributed by atoms with E-state index < -0.39 is 20.7 Å². The maximum absolute atomic E-state index is 13.5. The Balaban J connectivity index is 0.00000529. The molecular weight excluding hydrogens is 357 g/mol. The lowest BCUT2D eigenvalue weighted by atomic mass is 10.0. The molecule has 0 aliphatic rings. The van der Waals surface area contributed by atoms with Crippen LogP contribution >= 0.6 is 12.4 Å². The number of hydrogen-bond donors (Lipinski definition) is 3. The second-order valence-electron chi connectivity index (χ2n) is 5.71. The van der Waals surface area contributed by atoms with Crippen LogP contribution in [-0.2, 0) is 14.8 Å². The summed E-state index contributed by atoms with van der Waals surface area (Å²) in [7, 11) is -3.97. The fourth-order valence-corrected chi connectivity index (χ4v) is 3.23. The number of benzene rings is 1. The lowest BCUT2D eigenvalue weighted by Crippen LogP contribution is -2.42. The highest BCUT2D eigenvalue weighted by Gasteiger charge is 2.19. The quantitative estimate of drug-likeness (QED) is 0.601. The van der Waals surface area contributed by atoms with E-state index in [4.69, 9.17) is 5.73 Å². The van der Waals surface area contributed by atoms with Crippen LogP contribution in [0.15, 0.2) is 29.2 Å². The van der Waals surface area contributed by atoms with Crippen LogP contribution in [0.3, 0.4) is 0 Å². The van der Waals surface area contributed by atoms with Crippen LogP contribution in [0, 0.1) is 11.7 Å². The lowest BCUT2D eigenvalue weighted by Gasteiger charge is -2.18. The van der Waals surface area contributed by atoms with Gasteiger partial charge in [-0.2, -0.15) is 0 Å². The molecule has 1 rings (SSSR count). The topological polar surface area (TPSA) is 101 Å². The summed E-state index contributed by atoms with van der Waals surface area (Å²) in [6.45, 7) is 4.26. The summed E-state index contributed by atoms with van der Waals surface area (Å²) >= 11 is 0. The number of halogens is 2. The number of sulfonamides is 1. The molecule has 1 aromatic rings. The smallest absolute Gasteiger partial charge is 0.243 e. The fraction of sp³-hybridized carbons (Fsp3) is 0.533. The van der Waals surface area contributed by atoms with Gasteiger partial charge < -0.3 is 11.1 Å². The van der Waals surface area contributed by atoms with Gasteiger partial charge in [0.2, 0.25) is 15.9 Å². The molecule has 6 nitrogen and oxygen atoms in total. The van der Waals surface area contributed by atoms with Gasteiger partial charge in [0.25, 0.3) is 0 Å². The van der Waals surface area contributed by atoms with Gasteiger partial charge in [-0.3, -0.25) is 4.79 Å². The van der Waals surface area contributed by atoms with E-state index in [1.807, 2.05) is 13.8 Å². The number of hydrogen-bond acceptors (Lipinski definition) is 4. The van der Waals surface area contributed by atoms with Crippen molar-refractivity contribution in [2.75, 3.05) is 13.1 Å². The van der Waals surface area contributed by atoms with Crippen LogP contribution in [0.1, 0.15) is 26.7 Å². The van der Waals surface area contributed by atoms with Crippen LogP contribution in [-0.4, -0.2) is 33.5 Å². The normalized spacial score (nSPS) is 12.5. The Bertz CT molecular complexity index is 626. The van der Waals surface area contributed by atoms with Crippen LogP contribution in [0.4, 0.5) is 4.39 Å². The Kier molecular flexibility index (Phi) is 10.1. The zero-order valence-corrected chi connectivity index (χ0v) is 15.4. The molecule has 0 saturated carbocycles. The molecule has 0 fully saturated rings. The third-order valence-corrected chi connectivity index (χ3v) is 4.67. The Morgan fingerprint density at radius 3 is 2.46 bits per heavy atom. The molecule has 0 spiro atoms. The zero-order chi connectivity index (χ0) is 17.5. The Labute approximate surface area is 148 Å². The van der Waals surface area contributed by atoms with E-state index in [2.05, 4.69) is 10.0 Å². The van der Waals surface area contributed by atoms with E-state index in [9.17, 15) is 17.6 Å². The van der Waals surface area contributed by atoms with E-state index in [1.165, 1.54) is 18.2 Å². The molecule has 1 aromatic carbocycles. The van der Waals surface area contributed by atoms with Gasteiger partial charge >= 0.3 is 0 Å². The number of rotatable bonds is 9. The summed E-state index contributed by atoms with van der Waals surface area (Å²) in [6, 6.07) is 4.95. The van der Waals surface area contributed by atoms with Gasteiger partial charge in [0.15, 0.2) is 0 Å². The molecule has 1 atom stereocenters. The summed E-state index contributed by atoms with van der Waals surface area (Å²) < 4.78 is 39.6. The van der Waals surface area contributed by atoms with E-state index in [-0.39, 0.29) is 37.3 Å². The number of amides is 1. The summed E-state index contributed by atoms with van der Waals surface area (Å²) in [4.78, 5) is 11.4. The largest absolute Gasteiger partial charge is 0.352 e. The molecule has 4 N–H and O–H groups in total. The predicted molar refractivity (Wildman–Crippen MR) is 93.9 cm³/mol. The van der Waals surface area contributed by atoms with Crippen molar-refractivity contribution in [3.63, 3.8) is 0 Å². The van der Waals surface area contributed by atoms with Gasteiger partial charge in [-0.25, -0.2) is 17.5 Å². The standard InChI is InChI=1S/C15H24FN3O3S.ClH/c1-11(2)9-12(10-17)19-15(20)7-8-18-23(21,22)14-6-4-3-5-13(14)16;/h3-6,11-12,18H,7-10,17H2,1-2H3,(H,19,20);1H. The first-order chi connectivity index (χ1) is 10.8. The van der Waals surface area contributed by atoms with Crippen LogP contribution in [0.25, 0.3) is 0 Å². The molecular formula is C15H25ClFN3O3S. The van der Waals surface area contributed by atoms with Crippen molar-refractivity contribution in [1.29, 1.82) is 0 Å². The minimum atomic E-state index is -3.97. The predicted octanol–water partition coefficient (Wildman–Crippen LogP) is 1.41. The van der Waals surface area contributed by atoms with E-state index in [0.717, 1.165) is 12.5 Å². The molecule has 138 valence electrons. The molecule has 0 heterocycles. The van der Waals surface area contributed by atoms with Gasteiger partial charge in [-0.15, -0.1) is 12.4 Å². The highest BCUT2D eigenvalue weighted by molar-refractivity contribution is 7.89. The monoisotopic (exact) mass is 381 g/mol. The van der Waals surface area contributed by atoms with E-state index in [0.29, 0.717) is 12.5 Å². The van der Waals surface area contributed by atoms with Gasteiger partial charge in [0, 0.05) is 25.6 Å². The van der Waals surface area contributed by atoms with E-state index in [1.54, 1.807) is 0 Å². The SMILES string of the molecule is CC(C)CC(CN)NC(=O)CCNS(=O)(=O)c1ccccc1F.Cl. The number of nitrogens with one attached hydrogen (secondary N) is 2. The van der Waals surface area contributed by atoms with Gasteiger partial charge in [-0.1, -0.05) is 26.0 Å². The number of nitrogens with two attached hydrogens (primary N) is 1. The van der Waals surface area contributed by atoms with Crippen molar-refractivity contribution >= 4 is 28.3 Å². The lowest BCUT2D eigenvalue weighted by molar-refractivity contribution is -0.121. The van der Waals surface area contributed by atoms with Crippen LogP contribution < -0.4 is 15.8 Å². The molecule has 1 amide bonds. The molecule has 0 aliphatic carbocycles. The number of carbonyl (C=O) groups excluding carboxylic acids is 1. The first-order valence-electron chi connectivity index (χ1n) is 7.50. The van der Waals surface area contributed by atoms with Gasteiger partial charge in [0.1, 0.15) is 10.7 Å². The fourth-order valence-electron chi connectivity index (χ4n) is 2.12. The van der Waals surface area contributed by atoms with Crippen molar-refractivity contribution in [1.82, 2.24) is 10.0 Å². The first kappa shape index (κ1) is 22.8. The number of carbonyl (C=O) groups is 1. The molecule has 0 aromatic heterocycles. The minimum absolute atomic E-state index is 0. The average molecular weight is 382 g/mol. The summed E-state index contributed by atoms with van der Waals surface area (Å²) in [6.07, 6.45) is 0.714. The van der Waals surface area contributed by atoms with Crippen molar-refractivity contribution in [2.45, 2.75) is 37.6 Å². The molecule has 0 bridgehead atoms. The summed E-state index contributed by atoms with van der Waals surface area (Å²) in [5, 5.41) is 2.76. The molecule has 24 heavy (non-hydrogen) atoms. The van der Waals surface area contributed by atoms with E-state index >= 15 is 0 Å². The molecule has 0 aliphatic heterocycles. The van der Waals surface area contributed by atoms with Gasteiger partial charge in [-0.05, 0) is 24.5 Å². The maximum atomic E-state index is 13.5. The van der Waals surface area contributed by atoms with Crippen molar-refractivity contribution in [3.8, 4) is 0 Å². The molecule has 1 unspecified atom stereocenters. The summed E-state index contributed by atoms with van der Waals surface area (Å²) in [5.74, 6) is -0.731. The zero-order valence-electron chi connectivity index (χ0n) is 13.8. The van der Waals surface area contributed by atoms with Crippen molar-refractivity contribution < 1.29 is 17.6 Å². The molecule has 9 heteroatoms. The Hall–Kier alpha value is -1.22. The third-order valence-electron chi connectivity index (χ3n) is 3.18. The van der Waals surface area contributed by atoms with Gasteiger partial charge in [0.05, 0.1) is 0 Å². The maximum Gasteiger partial charge on any atom is 0.243 e. The second kappa shape index (κ2) is 10.6. The third kappa shape index (κ3) is 7.57. The van der Waals surface area contributed by atoms with Crippen molar-refractivity contribution in [3.05, 3.63) is 30.1 Å². The molecule has 0 radical (unpaired) electrons. The Morgan fingerprint density at radius 1 is 1.29 bits per heavy atom. The van der Waals surface area contributed by atoms with Crippen LogP contribution in [0.5, 0.6) is 0 Å². The van der Waals surface area contributed by atoms with Crippen LogP contribution in [0.2, 0.25) is 0 Å². The first-order valence-corrected chi connectivity index (χ1v) is 8.98. The van der Waals surface area contributed by atoms with Crippen molar-refractivity contribution in [2.24, 2.45) is 11.7 Å².